The van der Waals surface area contributed by atoms with Crippen molar-refractivity contribution >= 4 is 56.2 Å². The Kier molecular flexibility index (Phi) is 9.66. The van der Waals surface area contributed by atoms with Crippen LogP contribution in [0.15, 0.2) is 33.7 Å². The molecule has 18 nitrogen and oxygen atoms in total. The lowest BCUT2D eigenvalue weighted by Crippen LogP contribution is -2.76. The number of ether oxygens (including phenoxy) is 1. The van der Waals surface area contributed by atoms with E-state index < -0.39 is 57.2 Å². The number of amides is 2. The van der Waals surface area contributed by atoms with Crippen LogP contribution in [0.5, 0.6) is 5.75 Å². The van der Waals surface area contributed by atoms with Crippen LogP contribution in [0.2, 0.25) is 0 Å². The van der Waals surface area contributed by atoms with E-state index in [9.17, 15) is 27.9 Å². The number of nitrogens with zero attached hydrogens (tertiary/aromatic N) is 4. The van der Waals surface area contributed by atoms with E-state index in [0.717, 1.165) is 42.0 Å². The van der Waals surface area contributed by atoms with E-state index in [1.54, 1.807) is 12.1 Å². The number of aryl methyl sites for hydroxylation is 1. The van der Waals surface area contributed by atoms with Gasteiger partial charge in [-0.25, -0.2) is 9.78 Å². The molecule has 4 heterocycles. The molecule has 1 aromatic heterocycles. The number of anilines is 1. The molecule has 8 N–H and O–H groups in total. The third kappa shape index (κ3) is 7.21. The maximum atomic E-state index is 13.4. The molecule has 3 atom stereocenters. The highest BCUT2D eigenvalue weighted by Crippen LogP contribution is 2.35. The molecule has 2 amide bonds. The molecule has 0 radical (unpaired) electrons. The first-order valence-electron chi connectivity index (χ1n) is 14.8. The molecular weight excluding hydrogens is 672 g/mol. The van der Waals surface area contributed by atoms with Gasteiger partial charge in [-0.3, -0.25) is 19.1 Å². The van der Waals surface area contributed by atoms with Crippen molar-refractivity contribution in [2.75, 3.05) is 25.4 Å². The van der Waals surface area contributed by atoms with Crippen LogP contribution in [0.3, 0.4) is 0 Å². The monoisotopic (exact) mass is 708 g/mol. The van der Waals surface area contributed by atoms with E-state index in [1.807, 2.05) is 6.07 Å². The lowest BCUT2D eigenvalue weighted by atomic mass is 9.84. The number of hydrogen-bond donors (Lipinski definition) is 6. The van der Waals surface area contributed by atoms with Gasteiger partial charge in [0.25, 0.3) is 17.4 Å². The number of carbonyl (C=O) groups is 3. The minimum atomic E-state index is -5.02. The topological polar surface area (TPSA) is 270 Å². The first kappa shape index (κ1) is 35.0. The first-order valence-corrected chi connectivity index (χ1v) is 17.1. The van der Waals surface area contributed by atoms with E-state index in [2.05, 4.69) is 30.0 Å². The second-order valence-electron chi connectivity index (χ2n) is 12.3. The number of hydroxylamine groups is 2. The number of aliphatic imine (C=N–C) groups is 1. The smallest absolute Gasteiger partial charge is 0.418 e. The molecule has 0 bridgehead atoms. The quantitative estimate of drug-likeness (QED) is 0.0519. The Morgan fingerprint density at radius 1 is 1.33 bits per heavy atom. The van der Waals surface area contributed by atoms with Crippen LogP contribution in [0.1, 0.15) is 50.4 Å². The van der Waals surface area contributed by atoms with Gasteiger partial charge in [-0.05, 0) is 82.8 Å². The van der Waals surface area contributed by atoms with Gasteiger partial charge in [-0.2, -0.15) is 13.5 Å². The zero-order valence-electron chi connectivity index (χ0n) is 26.2. The summed E-state index contributed by atoms with van der Waals surface area (Å²) in [5.41, 5.74) is 9.37. The Balaban J connectivity index is 1.32. The number of nitrogens with two attached hydrogens (primary N) is 2. The lowest BCUT2D eigenvalue weighted by molar-refractivity contribution is -0.218. The van der Waals surface area contributed by atoms with Crippen LogP contribution in [0.4, 0.5) is 5.13 Å². The third-order valence-corrected chi connectivity index (χ3v) is 9.46. The summed E-state index contributed by atoms with van der Waals surface area (Å²) < 4.78 is 41.7. The average molecular weight is 709 g/mol. The molecule has 3 aliphatic heterocycles. The number of amidine groups is 1. The Hall–Kier alpha value is -4.37. The maximum absolute atomic E-state index is 13.4. The van der Waals surface area contributed by atoms with Crippen molar-refractivity contribution < 1.29 is 46.3 Å². The predicted octanol–water partition coefficient (Wildman–Crippen LogP) is -0.162. The summed E-state index contributed by atoms with van der Waals surface area (Å²) in [5, 5.41) is 21.6. The number of aliphatic carboxylic acids is 1. The van der Waals surface area contributed by atoms with E-state index in [0.29, 0.717) is 35.5 Å². The summed E-state index contributed by atoms with van der Waals surface area (Å²) in [5.74, 6) is -2.00. The second kappa shape index (κ2) is 13.3. The SMILES string of the molecule is CC1(C)[C@H](NC(=O)/C(=N\O[C@](C)(C(=O)O)[C@H]2CCc3cc(C(N)=NCCC4CNC4)ccc3O2)c2csc(N)n2)C(=O)N1OS(=O)(=O)O. The van der Waals surface area contributed by atoms with Crippen LogP contribution < -0.4 is 26.8 Å². The molecule has 0 aliphatic carbocycles. The molecule has 260 valence electrons. The molecule has 1 aromatic carbocycles. The van der Waals surface area contributed by atoms with E-state index in [4.69, 9.17) is 25.6 Å². The number of rotatable bonds is 13. The number of fused-ring (bicyclic) bond motifs is 1. The standard InChI is InChI=1S/C28H36N8O10S2/c1-27(2)21(24(38)36(27)46-48(41,42)43)34-23(37)20(17-13-47-26(30)33-17)35-45-28(3,25(39)40)19-7-5-15-10-16(4-6-18(15)44-19)22(29)32-9-8-14-11-31-12-14/h4,6,10,13-14,19,21,31H,5,7-9,11-12H2,1-3H3,(H2,29,32)(H2,30,33)(H,34,37)(H,39,40)(H,41,42,43)/b35-20-/t19-,21-,28+/m1/s1. The van der Waals surface area contributed by atoms with Crippen LogP contribution in [-0.2, 0) is 40.3 Å². The Labute approximate surface area is 279 Å². The number of carboxylic acids is 1. The van der Waals surface area contributed by atoms with Gasteiger partial charge in [0, 0.05) is 17.5 Å². The van der Waals surface area contributed by atoms with Crippen molar-refractivity contribution in [3.05, 3.63) is 40.4 Å². The third-order valence-electron chi connectivity index (χ3n) is 8.45. The molecule has 2 aromatic rings. The predicted molar refractivity (Wildman–Crippen MR) is 171 cm³/mol. The average Bonchev–Trinajstić information content (AvgIpc) is 3.43. The van der Waals surface area contributed by atoms with Crippen molar-refractivity contribution in [1.29, 1.82) is 0 Å². The highest BCUT2D eigenvalue weighted by molar-refractivity contribution is 7.80. The molecule has 2 saturated heterocycles. The van der Waals surface area contributed by atoms with Gasteiger partial charge >= 0.3 is 16.4 Å². The summed E-state index contributed by atoms with van der Waals surface area (Å²) in [6, 6.07) is 3.94. The van der Waals surface area contributed by atoms with Gasteiger partial charge < -0.3 is 36.8 Å². The molecule has 20 heteroatoms. The largest absolute Gasteiger partial charge is 0.485 e. The fraction of sp³-hybridized carbons (Fsp3) is 0.500. The van der Waals surface area contributed by atoms with Gasteiger partial charge in [-0.15, -0.1) is 15.6 Å². The number of aromatic nitrogens is 1. The summed E-state index contributed by atoms with van der Waals surface area (Å²) in [7, 11) is -5.02. The van der Waals surface area contributed by atoms with Crippen LogP contribution in [0, 0.1) is 5.92 Å². The van der Waals surface area contributed by atoms with Gasteiger partial charge in [-0.1, -0.05) is 5.16 Å². The number of carboxylic acid groups (broad SMARTS) is 1. The number of nitrogens with one attached hydrogen (secondary N) is 2. The van der Waals surface area contributed by atoms with Gasteiger partial charge in [0.05, 0.1) is 5.54 Å². The number of β-lactam (4-membered cyclic amide) rings is 1. The number of carbonyl (C=O) groups excluding carboxylic acids is 2. The van der Waals surface area contributed by atoms with E-state index in [-0.39, 0.29) is 17.2 Å². The molecule has 0 unspecified atom stereocenters. The Morgan fingerprint density at radius 3 is 2.65 bits per heavy atom. The zero-order chi connectivity index (χ0) is 35.0. The molecule has 3 aliphatic rings. The van der Waals surface area contributed by atoms with Crippen LogP contribution >= 0.6 is 11.3 Å². The molecule has 2 fully saturated rings. The van der Waals surface area contributed by atoms with Crippen molar-refractivity contribution in [3.8, 4) is 5.75 Å². The summed E-state index contributed by atoms with van der Waals surface area (Å²) >= 11 is 0.968. The van der Waals surface area contributed by atoms with Crippen LogP contribution in [0.25, 0.3) is 0 Å². The number of hydrogen-bond acceptors (Lipinski definition) is 14. The second-order valence-corrected chi connectivity index (χ2v) is 14.2. The zero-order valence-corrected chi connectivity index (χ0v) is 27.8. The number of benzene rings is 1. The summed E-state index contributed by atoms with van der Waals surface area (Å²) in [6.45, 7) is 6.58. The highest BCUT2D eigenvalue weighted by Gasteiger charge is 2.58. The Morgan fingerprint density at radius 2 is 2.06 bits per heavy atom. The maximum Gasteiger partial charge on any atom is 0.418 e. The number of nitrogen functional groups attached to an aromatic ring is 1. The van der Waals surface area contributed by atoms with Gasteiger partial charge in [0.15, 0.2) is 16.9 Å². The van der Waals surface area contributed by atoms with Gasteiger partial charge in [0.2, 0.25) is 0 Å². The molecule has 48 heavy (non-hydrogen) atoms. The number of oxime groups is 1. The van der Waals surface area contributed by atoms with Gasteiger partial charge in [0.1, 0.15) is 23.3 Å². The molecule has 0 saturated carbocycles. The Bertz CT molecular complexity index is 1770. The first-order chi connectivity index (χ1) is 22.5. The van der Waals surface area contributed by atoms with Crippen molar-refractivity contribution in [2.45, 2.75) is 63.3 Å². The molecule has 0 spiro atoms. The molecule has 5 rings (SSSR count). The van der Waals surface area contributed by atoms with Crippen molar-refractivity contribution in [3.63, 3.8) is 0 Å². The number of thiazole rings is 1. The normalized spacial score (nSPS) is 22.4. The minimum absolute atomic E-state index is 0.0622. The van der Waals surface area contributed by atoms with E-state index in [1.165, 1.54) is 26.2 Å². The fourth-order valence-electron chi connectivity index (χ4n) is 5.34. The van der Waals surface area contributed by atoms with Crippen molar-refractivity contribution in [1.82, 2.24) is 20.7 Å². The summed E-state index contributed by atoms with van der Waals surface area (Å²) in [4.78, 5) is 52.8. The minimum Gasteiger partial charge on any atom is -0.485 e. The summed E-state index contributed by atoms with van der Waals surface area (Å²) in [6.07, 6.45) is 0.518. The molecular formula is C28H36N8O10S2. The van der Waals surface area contributed by atoms with Crippen LogP contribution in [-0.4, -0.2) is 100 Å². The van der Waals surface area contributed by atoms with E-state index >= 15 is 0 Å². The highest BCUT2D eigenvalue weighted by atomic mass is 32.3. The van der Waals surface area contributed by atoms with Crippen molar-refractivity contribution in [2.24, 2.45) is 21.8 Å². The fourth-order valence-corrected chi connectivity index (χ4v) is 6.35. The lowest BCUT2D eigenvalue weighted by Gasteiger charge is -2.50.